The van der Waals surface area contributed by atoms with E-state index < -0.39 is 5.97 Å². The largest absolute Gasteiger partial charge is 0.481 e. The van der Waals surface area contributed by atoms with Crippen LogP contribution in [0.2, 0.25) is 0 Å². The Morgan fingerprint density at radius 1 is 1.46 bits per heavy atom. The van der Waals surface area contributed by atoms with E-state index in [2.05, 4.69) is 5.32 Å². The summed E-state index contributed by atoms with van der Waals surface area (Å²) in [6, 6.07) is 0. The van der Waals surface area contributed by atoms with Gasteiger partial charge in [-0.2, -0.15) is 0 Å². The quantitative estimate of drug-likeness (QED) is 0.590. The summed E-state index contributed by atoms with van der Waals surface area (Å²) in [6.07, 6.45) is 3.50. The molecule has 1 fully saturated rings. The molecule has 1 aliphatic rings. The molecule has 0 aliphatic carbocycles. The topological polar surface area (TPSA) is 69.6 Å². The highest BCUT2D eigenvalue weighted by Gasteiger charge is 2.10. The van der Waals surface area contributed by atoms with Crippen molar-refractivity contribution in [2.75, 3.05) is 19.7 Å². The van der Waals surface area contributed by atoms with E-state index in [0.29, 0.717) is 6.61 Å². The Kier molecular flexibility index (Phi) is 7.63. The predicted octanol–water partition coefficient (Wildman–Crippen LogP) is 0.459. The third kappa shape index (κ3) is 9.30. The summed E-state index contributed by atoms with van der Waals surface area (Å²) in [5, 5.41) is 19.3. The van der Waals surface area contributed by atoms with Crippen LogP contribution in [-0.4, -0.2) is 35.9 Å². The number of aliphatic carboxylic acids is 1. The van der Waals surface area contributed by atoms with Crippen molar-refractivity contribution in [2.45, 2.75) is 26.2 Å². The Labute approximate surface area is 79.0 Å². The molecule has 0 atom stereocenters. The highest BCUT2D eigenvalue weighted by molar-refractivity contribution is 5.62. The lowest BCUT2D eigenvalue weighted by atomic mass is 9.95. The minimum atomic E-state index is -0.833. The van der Waals surface area contributed by atoms with E-state index in [1.54, 1.807) is 0 Å². The van der Waals surface area contributed by atoms with Gasteiger partial charge in [0.1, 0.15) is 0 Å². The second kappa shape index (κ2) is 8.01. The molecule has 4 nitrogen and oxygen atoms in total. The molecule has 0 aromatic heterocycles. The number of hydrogen-bond donors (Lipinski definition) is 3. The Bertz CT molecular complexity index is 126. The first-order valence-corrected chi connectivity index (χ1v) is 4.68. The molecule has 13 heavy (non-hydrogen) atoms. The number of carboxylic acid groups (broad SMARTS) is 1. The van der Waals surface area contributed by atoms with E-state index in [-0.39, 0.29) is 0 Å². The normalized spacial score (nSPS) is 17.4. The zero-order chi connectivity index (χ0) is 10.1. The Balaban J connectivity index is 0.000000310. The number of aliphatic hydroxyl groups is 1. The molecule has 0 saturated carbocycles. The van der Waals surface area contributed by atoms with Gasteiger partial charge < -0.3 is 15.5 Å². The number of piperidine rings is 1. The van der Waals surface area contributed by atoms with E-state index in [4.69, 9.17) is 15.0 Å². The third-order valence-corrected chi connectivity index (χ3v) is 2.00. The fraction of sp³-hybridized carbons (Fsp3) is 0.889. The van der Waals surface area contributed by atoms with E-state index in [0.717, 1.165) is 32.4 Å². The molecule has 1 heterocycles. The Hall–Kier alpha value is -0.610. The second-order valence-corrected chi connectivity index (χ2v) is 3.22. The van der Waals surface area contributed by atoms with Crippen molar-refractivity contribution in [3.8, 4) is 0 Å². The van der Waals surface area contributed by atoms with Crippen molar-refractivity contribution < 1.29 is 15.0 Å². The number of carboxylic acids is 1. The molecule has 0 aromatic rings. The minimum absolute atomic E-state index is 0.366. The number of carbonyl (C=O) groups is 1. The van der Waals surface area contributed by atoms with Crippen LogP contribution in [0.5, 0.6) is 0 Å². The summed E-state index contributed by atoms with van der Waals surface area (Å²) in [5.41, 5.74) is 0. The number of aliphatic hydroxyl groups excluding tert-OH is 1. The van der Waals surface area contributed by atoms with Crippen LogP contribution in [0.4, 0.5) is 0 Å². The van der Waals surface area contributed by atoms with Gasteiger partial charge in [0, 0.05) is 13.5 Å². The SMILES string of the molecule is CC(=O)O.OCCC1CCNCC1. The molecule has 0 unspecified atom stereocenters. The van der Waals surface area contributed by atoms with Gasteiger partial charge in [0.15, 0.2) is 0 Å². The summed E-state index contributed by atoms with van der Waals surface area (Å²) in [4.78, 5) is 9.00. The van der Waals surface area contributed by atoms with Crippen molar-refractivity contribution in [3.05, 3.63) is 0 Å². The highest BCUT2D eigenvalue weighted by atomic mass is 16.4. The highest BCUT2D eigenvalue weighted by Crippen LogP contribution is 2.14. The fourth-order valence-electron chi connectivity index (χ4n) is 1.35. The second-order valence-electron chi connectivity index (χ2n) is 3.22. The van der Waals surface area contributed by atoms with Crippen molar-refractivity contribution in [1.82, 2.24) is 5.32 Å². The fourth-order valence-corrected chi connectivity index (χ4v) is 1.35. The molecular formula is C9H19NO3. The molecule has 78 valence electrons. The summed E-state index contributed by atoms with van der Waals surface area (Å²) in [6.45, 7) is 3.74. The molecule has 1 rings (SSSR count). The van der Waals surface area contributed by atoms with Crippen molar-refractivity contribution in [3.63, 3.8) is 0 Å². The molecule has 3 N–H and O–H groups in total. The molecular weight excluding hydrogens is 170 g/mol. The van der Waals surface area contributed by atoms with Crippen LogP contribution in [-0.2, 0) is 4.79 Å². The van der Waals surface area contributed by atoms with Gasteiger partial charge >= 0.3 is 0 Å². The summed E-state index contributed by atoms with van der Waals surface area (Å²) >= 11 is 0. The third-order valence-electron chi connectivity index (χ3n) is 2.00. The molecule has 1 saturated heterocycles. The predicted molar refractivity (Wildman–Crippen MR) is 50.6 cm³/mol. The van der Waals surface area contributed by atoms with Crippen LogP contribution in [0.3, 0.4) is 0 Å². The van der Waals surface area contributed by atoms with Gasteiger partial charge in [0.2, 0.25) is 0 Å². The Morgan fingerprint density at radius 3 is 2.31 bits per heavy atom. The minimum Gasteiger partial charge on any atom is -0.481 e. The van der Waals surface area contributed by atoms with Crippen LogP contribution in [0.15, 0.2) is 0 Å². The van der Waals surface area contributed by atoms with Crippen LogP contribution in [0, 0.1) is 5.92 Å². The Morgan fingerprint density at radius 2 is 1.92 bits per heavy atom. The summed E-state index contributed by atoms with van der Waals surface area (Å²) in [7, 11) is 0. The number of rotatable bonds is 2. The van der Waals surface area contributed by atoms with Gasteiger partial charge in [0.25, 0.3) is 5.97 Å². The zero-order valence-electron chi connectivity index (χ0n) is 8.12. The van der Waals surface area contributed by atoms with Gasteiger partial charge in [-0.05, 0) is 38.3 Å². The summed E-state index contributed by atoms with van der Waals surface area (Å²) < 4.78 is 0. The molecule has 1 aliphatic heterocycles. The summed E-state index contributed by atoms with van der Waals surface area (Å²) in [5.74, 6) is -0.0451. The lowest BCUT2D eigenvalue weighted by Crippen LogP contribution is -2.28. The zero-order valence-corrected chi connectivity index (χ0v) is 8.12. The van der Waals surface area contributed by atoms with Gasteiger partial charge in [-0.25, -0.2) is 0 Å². The smallest absolute Gasteiger partial charge is 0.300 e. The first-order valence-electron chi connectivity index (χ1n) is 4.68. The standard InChI is InChI=1S/C7H15NO.C2H4O2/c9-6-3-7-1-4-8-5-2-7;1-2(3)4/h7-9H,1-6H2;1H3,(H,3,4). The maximum Gasteiger partial charge on any atom is 0.300 e. The van der Waals surface area contributed by atoms with Crippen molar-refractivity contribution in [2.24, 2.45) is 5.92 Å². The first kappa shape index (κ1) is 12.4. The van der Waals surface area contributed by atoms with E-state index >= 15 is 0 Å². The van der Waals surface area contributed by atoms with Crippen LogP contribution in [0.1, 0.15) is 26.2 Å². The monoisotopic (exact) mass is 189 g/mol. The van der Waals surface area contributed by atoms with E-state index in [9.17, 15) is 0 Å². The lowest BCUT2D eigenvalue weighted by molar-refractivity contribution is -0.134. The molecule has 0 spiro atoms. The van der Waals surface area contributed by atoms with Crippen LogP contribution in [0.25, 0.3) is 0 Å². The van der Waals surface area contributed by atoms with E-state index in [1.165, 1.54) is 12.8 Å². The average molecular weight is 189 g/mol. The molecule has 4 heteroatoms. The van der Waals surface area contributed by atoms with Crippen LogP contribution >= 0.6 is 0 Å². The van der Waals surface area contributed by atoms with Gasteiger partial charge in [-0.15, -0.1) is 0 Å². The van der Waals surface area contributed by atoms with Crippen LogP contribution < -0.4 is 5.32 Å². The maximum absolute atomic E-state index is 9.00. The van der Waals surface area contributed by atoms with Gasteiger partial charge in [-0.3, -0.25) is 4.79 Å². The van der Waals surface area contributed by atoms with Crippen molar-refractivity contribution in [1.29, 1.82) is 0 Å². The van der Waals surface area contributed by atoms with Crippen molar-refractivity contribution >= 4 is 5.97 Å². The number of nitrogens with one attached hydrogen (secondary N) is 1. The maximum atomic E-state index is 9.00. The first-order chi connectivity index (χ1) is 6.16. The molecule has 0 bridgehead atoms. The average Bonchev–Trinajstić information content (AvgIpc) is 2.06. The van der Waals surface area contributed by atoms with Gasteiger partial charge in [-0.1, -0.05) is 0 Å². The molecule has 0 radical (unpaired) electrons. The van der Waals surface area contributed by atoms with E-state index in [1.807, 2.05) is 0 Å². The van der Waals surface area contributed by atoms with Gasteiger partial charge in [0.05, 0.1) is 0 Å². The lowest BCUT2D eigenvalue weighted by Gasteiger charge is -2.21. The number of hydrogen-bond acceptors (Lipinski definition) is 3. The molecule has 0 amide bonds. The molecule has 0 aromatic carbocycles.